The Balaban J connectivity index is 2.47. The van der Waals surface area contributed by atoms with E-state index in [0.717, 1.165) is 18.8 Å². The summed E-state index contributed by atoms with van der Waals surface area (Å²) in [6.07, 6.45) is 1.17. The minimum absolute atomic E-state index is 0.541. The van der Waals surface area contributed by atoms with Gasteiger partial charge in [-0.1, -0.05) is 32.9 Å². The molecule has 0 unspecified atom stereocenters. The number of benzene rings is 1. The number of ether oxygens (including phenoxy) is 1. The molecule has 2 aromatic rings. The van der Waals surface area contributed by atoms with E-state index in [9.17, 15) is 0 Å². The smallest absolute Gasteiger partial charge is 0.136 e. The van der Waals surface area contributed by atoms with Crippen LogP contribution in [0.1, 0.15) is 43.6 Å². The minimum atomic E-state index is 0.541. The Morgan fingerprint density at radius 2 is 2.11 bits per heavy atom. The first-order valence-electron chi connectivity index (χ1n) is 6.98. The highest BCUT2D eigenvalue weighted by Gasteiger charge is 2.16. The second-order valence-electron chi connectivity index (χ2n) is 5.11. The quantitative estimate of drug-likeness (QED) is 0.783. The van der Waals surface area contributed by atoms with Gasteiger partial charge in [0.2, 0.25) is 0 Å². The molecular weight excluding hydrogens is 254 g/mol. The maximum atomic E-state index is 5.49. The summed E-state index contributed by atoms with van der Waals surface area (Å²) in [6.45, 7) is 8.77. The van der Waals surface area contributed by atoms with E-state index in [0.29, 0.717) is 5.92 Å². The molecule has 2 rings (SSSR count). The SMILES string of the molecule is CCCNCc1sc2c(OC)cccc2c1C(C)C. The van der Waals surface area contributed by atoms with Crippen LogP contribution in [0.3, 0.4) is 0 Å². The van der Waals surface area contributed by atoms with Crippen molar-refractivity contribution in [1.82, 2.24) is 5.32 Å². The molecule has 0 aliphatic rings. The first kappa shape index (κ1) is 14.4. The molecule has 1 aromatic carbocycles. The molecule has 2 nitrogen and oxygen atoms in total. The lowest BCUT2D eigenvalue weighted by molar-refractivity contribution is 0.420. The van der Waals surface area contributed by atoms with Gasteiger partial charge in [0.1, 0.15) is 5.75 Å². The third kappa shape index (κ3) is 2.93. The Hall–Kier alpha value is -1.06. The van der Waals surface area contributed by atoms with Crippen LogP contribution in [0.5, 0.6) is 5.75 Å². The zero-order valence-corrected chi connectivity index (χ0v) is 13.1. The number of hydrogen-bond acceptors (Lipinski definition) is 3. The maximum Gasteiger partial charge on any atom is 0.136 e. The molecule has 19 heavy (non-hydrogen) atoms. The predicted octanol–water partition coefficient (Wildman–Crippen LogP) is 4.53. The fourth-order valence-electron chi connectivity index (χ4n) is 2.47. The van der Waals surface area contributed by atoms with Crippen LogP contribution in [0.4, 0.5) is 0 Å². The van der Waals surface area contributed by atoms with Crippen LogP contribution in [0, 0.1) is 0 Å². The molecule has 0 aliphatic carbocycles. The Kier molecular flexibility index (Phi) is 4.83. The summed E-state index contributed by atoms with van der Waals surface area (Å²) < 4.78 is 6.77. The van der Waals surface area contributed by atoms with Crippen LogP contribution in [0.15, 0.2) is 18.2 Å². The van der Waals surface area contributed by atoms with Crippen molar-refractivity contribution in [3.05, 3.63) is 28.6 Å². The zero-order chi connectivity index (χ0) is 13.8. The summed E-state index contributed by atoms with van der Waals surface area (Å²) in [7, 11) is 1.75. The van der Waals surface area contributed by atoms with Gasteiger partial charge in [-0.3, -0.25) is 0 Å². The van der Waals surface area contributed by atoms with E-state index in [-0.39, 0.29) is 0 Å². The number of nitrogens with one attached hydrogen (secondary N) is 1. The van der Waals surface area contributed by atoms with E-state index in [2.05, 4.69) is 38.2 Å². The van der Waals surface area contributed by atoms with E-state index in [1.54, 1.807) is 7.11 Å². The van der Waals surface area contributed by atoms with E-state index < -0.39 is 0 Å². The largest absolute Gasteiger partial charge is 0.495 e. The van der Waals surface area contributed by atoms with E-state index in [4.69, 9.17) is 4.74 Å². The summed E-state index contributed by atoms with van der Waals surface area (Å²) in [5, 5.41) is 4.87. The van der Waals surface area contributed by atoms with Gasteiger partial charge in [0, 0.05) is 11.4 Å². The molecule has 1 N–H and O–H groups in total. The number of fused-ring (bicyclic) bond motifs is 1. The van der Waals surface area contributed by atoms with Crippen LogP contribution in [0.2, 0.25) is 0 Å². The molecule has 104 valence electrons. The molecule has 0 radical (unpaired) electrons. The van der Waals surface area contributed by atoms with E-state index in [1.807, 2.05) is 17.4 Å². The lowest BCUT2D eigenvalue weighted by Gasteiger charge is -2.09. The number of hydrogen-bond donors (Lipinski definition) is 1. The summed E-state index contributed by atoms with van der Waals surface area (Å²) >= 11 is 1.87. The summed E-state index contributed by atoms with van der Waals surface area (Å²) in [4.78, 5) is 1.45. The normalized spacial score (nSPS) is 11.4. The predicted molar refractivity (Wildman–Crippen MR) is 84.5 cm³/mol. The molecule has 0 spiro atoms. The summed E-state index contributed by atoms with van der Waals surface area (Å²) in [6, 6.07) is 6.35. The monoisotopic (exact) mass is 277 g/mol. The topological polar surface area (TPSA) is 21.3 Å². The molecule has 0 saturated heterocycles. The summed E-state index contributed by atoms with van der Waals surface area (Å²) in [5.74, 6) is 1.53. The molecule has 0 amide bonds. The molecule has 0 bridgehead atoms. The molecule has 0 atom stereocenters. The first-order chi connectivity index (χ1) is 9.19. The Labute approximate surface area is 119 Å². The van der Waals surface area contributed by atoms with Crippen molar-refractivity contribution in [2.24, 2.45) is 0 Å². The van der Waals surface area contributed by atoms with E-state index >= 15 is 0 Å². The van der Waals surface area contributed by atoms with Gasteiger partial charge in [-0.15, -0.1) is 11.3 Å². The molecule has 0 saturated carbocycles. The van der Waals surface area contributed by atoms with Crippen molar-refractivity contribution in [2.45, 2.75) is 39.7 Å². The number of thiophene rings is 1. The molecule has 0 fully saturated rings. The second-order valence-corrected chi connectivity index (χ2v) is 6.21. The highest BCUT2D eigenvalue weighted by molar-refractivity contribution is 7.19. The highest BCUT2D eigenvalue weighted by atomic mass is 32.1. The van der Waals surface area contributed by atoms with Crippen molar-refractivity contribution in [3.63, 3.8) is 0 Å². The maximum absolute atomic E-state index is 5.49. The third-order valence-electron chi connectivity index (χ3n) is 3.30. The lowest BCUT2D eigenvalue weighted by atomic mass is 9.99. The molecule has 1 heterocycles. The Morgan fingerprint density at radius 1 is 1.32 bits per heavy atom. The highest BCUT2D eigenvalue weighted by Crippen LogP contribution is 2.40. The van der Waals surface area contributed by atoms with Gasteiger partial charge >= 0.3 is 0 Å². The standard InChI is InChI=1S/C16H23NOS/c1-5-9-17-10-14-15(11(2)3)12-7-6-8-13(18-4)16(12)19-14/h6-8,11,17H,5,9-10H2,1-4H3. The van der Waals surface area contributed by atoms with Crippen molar-refractivity contribution in [2.75, 3.05) is 13.7 Å². The molecule has 1 aromatic heterocycles. The van der Waals surface area contributed by atoms with Crippen molar-refractivity contribution >= 4 is 21.4 Å². The van der Waals surface area contributed by atoms with Crippen LogP contribution in [-0.4, -0.2) is 13.7 Å². The summed E-state index contributed by atoms with van der Waals surface area (Å²) in [5.41, 5.74) is 1.47. The van der Waals surface area contributed by atoms with Gasteiger partial charge in [-0.05, 0) is 35.9 Å². The van der Waals surface area contributed by atoms with Gasteiger partial charge in [-0.25, -0.2) is 0 Å². The van der Waals surface area contributed by atoms with Crippen molar-refractivity contribution in [1.29, 1.82) is 0 Å². The Bertz CT molecular complexity index is 545. The molecular formula is C16H23NOS. The fourth-order valence-corrected chi connectivity index (χ4v) is 3.88. The first-order valence-corrected chi connectivity index (χ1v) is 7.79. The lowest BCUT2D eigenvalue weighted by Crippen LogP contribution is -2.14. The van der Waals surface area contributed by atoms with Crippen LogP contribution in [-0.2, 0) is 6.54 Å². The number of methoxy groups -OCH3 is 1. The average Bonchev–Trinajstić information content (AvgIpc) is 2.77. The van der Waals surface area contributed by atoms with Crippen LogP contribution < -0.4 is 10.1 Å². The molecule has 3 heteroatoms. The van der Waals surface area contributed by atoms with Crippen LogP contribution in [0.25, 0.3) is 10.1 Å². The Morgan fingerprint density at radius 3 is 2.74 bits per heavy atom. The zero-order valence-electron chi connectivity index (χ0n) is 12.2. The van der Waals surface area contributed by atoms with Gasteiger partial charge in [-0.2, -0.15) is 0 Å². The van der Waals surface area contributed by atoms with Crippen molar-refractivity contribution < 1.29 is 4.74 Å². The third-order valence-corrected chi connectivity index (χ3v) is 4.54. The van der Waals surface area contributed by atoms with E-state index in [1.165, 1.54) is 26.9 Å². The number of rotatable bonds is 6. The second kappa shape index (κ2) is 6.40. The minimum Gasteiger partial charge on any atom is -0.495 e. The van der Waals surface area contributed by atoms with Gasteiger partial charge in [0.25, 0.3) is 0 Å². The van der Waals surface area contributed by atoms with Gasteiger partial charge in [0.05, 0.1) is 11.8 Å². The van der Waals surface area contributed by atoms with Crippen molar-refractivity contribution in [3.8, 4) is 5.75 Å². The van der Waals surface area contributed by atoms with Gasteiger partial charge < -0.3 is 10.1 Å². The fraction of sp³-hybridized carbons (Fsp3) is 0.500. The molecule has 0 aliphatic heterocycles. The van der Waals surface area contributed by atoms with Crippen LogP contribution >= 0.6 is 11.3 Å². The average molecular weight is 277 g/mol. The van der Waals surface area contributed by atoms with Gasteiger partial charge in [0.15, 0.2) is 0 Å².